The van der Waals surface area contributed by atoms with Gasteiger partial charge in [0.2, 0.25) is 41.4 Å². The molecule has 1 fully saturated rings. The van der Waals surface area contributed by atoms with Gasteiger partial charge in [0, 0.05) is 38.3 Å². The Morgan fingerprint density at radius 2 is 1.44 bits per heavy atom. The van der Waals surface area contributed by atoms with Crippen molar-refractivity contribution < 1.29 is 48.6 Å². The molecule has 2 aromatic rings. The van der Waals surface area contributed by atoms with E-state index in [4.69, 9.17) is 0 Å². The van der Waals surface area contributed by atoms with Crippen molar-refractivity contribution in [2.45, 2.75) is 116 Å². The number of imidazole rings is 1. The Morgan fingerprint density at radius 3 is 2.02 bits per heavy atom. The number of carboxylic acid groups (broad SMARTS) is 1. The number of amides is 7. The fourth-order valence-corrected chi connectivity index (χ4v) is 7.15. The Labute approximate surface area is 368 Å². The predicted octanol–water partition coefficient (Wildman–Crippen LogP) is -0.174. The summed E-state index contributed by atoms with van der Waals surface area (Å²) in [5.41, 5.74) is 1.06. The summed E-state index contributed by atoms with van der Waals surface area (Å²) in [6, 6.07) is -1.04. The molecule has 0 aliphatic carbocycles. The number of carboxylic acids is 1. The maximum atomic E-state index is 14.4. The first-order valence-electron chi connectivity index (χ1n) is 21.5. The van der Waals surface area contributed by atoms with Gasteiger partial charge in [0.1, 0.15) is 42.0 Å². The van der Waals surface area contributed by atoms with E-state index in [-0.39, 0.29) is 56.5 Å². The topological polar surface area (TPSA) is 284 Å². The highest BCUT2D eigenvalue weighted by atomic mass is 16.4. The first-order valence-corrected chi connectivity index (χ1v) is 21.5. The van der Waals surface area contributed by atoms with Crippen molar-refractivity contribution in [1.29, 1.82) is 0 Å². The average molecular weight is 883 g/mol. The van der Waals surface area contributed by atoms with Crippen LogP contribution in [0.25, 0.3) is 0 Å². The second kappa shape index (κ2) is 24.6. The van der Waals surface area contributed by atoms with Crippen molar-refractivity contribution in [2.24, 2.45) is 17.8 Å². The van der Waals surface area contributed by atoms with Gasteiger partial charge in [-0.15, -0.1) is 0 Å². The number of carbonyl (C=O) groups is 8. The smallest absolute Gasteiger partial charge is 0.326 e. The maximum absolute atomic E-state index is 14.4. The van der Waals surface area contributed by atoms with Crippen molar-refractivity contribution in [3.63, 3.8) is 0 Å². The van der Waals surface area contributed by atoms with Gasteiger partial charge >= 0.3 is 5.97 Å². The number of H-pyrrole nitrogens is 1. The fraction of sp³-hybridized carbons (Fsp3) is 0.605. The minimum absolute atomic E-state index is 0.00953. The molecule has 7 amide bonds. The molecular formula is C43H66N10O10. The third kappa shape index (κ3) is 15.1. The molecule has 8 atom stereocenters. The van der Waals surface area contributed by atoms with Crippen LogP contribution in [-0.4, -0.2) is 147 Å². The number of nitrogens with one attached hydrogen (secondary N) is 7. The molecule has 2 heterocycles. The lowest BCUT2D eigenvalue weighted by molar-refractivity contribution is -0.146. The van der Waals surface area contributed by atoms with Crippen LogP contribution >= 0.6 is 0 Å². The van der Waals surface area contributed by atoms with E-state index < -0.39 is 89.5 Å². The standard InChI is InChI=1S/C43H66N10O10/c1-9-25(5)36(41(60)48-31(19-28-20-45-23-46-28)42(61)53-17-11-12-32(53)39(58)51-37(43(62)63)26(6)10-2)50-38(57)30(18-27-13-15-29(54)16-14-27)47-40(59)35(24(3)4)49-33(55)22-52(8)34(56)21-44-7/h13-16,20,23-26,30-32,35-37,44,54H,9-12,17-19,21-22H2,1-8H3,(H,45,46)(H,47,59)(H,48,60)(H,49,55)(H,50,57)(H,51,58)(H,62,63)/t25-,26-,30-,31-,32-,35-,36-,37-/m0/s1. The van der Waals surface area contributed by atoms with Crippen molar-refractivity contribution in [3.8, 4) is 5.75 Å². The molecule has 9 N–H and O–H groups in total. The Kier molecular flexibility index (Phi) is 20.0. The Bertz CT molecular complexity index is 1880. The van der Waals surface area contributed by atoms with E-state index in [9.17, 15) is 48.6 Å². The van der Waals surface area contributed by atoms with Gasteiger partial charge in [-0.05, 0) is 55.3 Å². The monoisotopic (exact) mass is 882 g/mol. The highest BCUT2D eigenvalue weighted by molar-refractivity contribution is 5.97. The quantitative estimate of drug-likeness (QED) is 0.0665. The number of likely N-dealkylation sites (N-methyl/N-ethyl adjacent to an activating group) is 2. The molecule has 0 bridgehead atoms. The van der Waals surface area contributed by atoms with E-state index in [1.54, 1.807) is 46.9 Å². The number of likely N-dealkylation sites (tertiary alicyclic amines) is 1. The van der Waals surface area contributed by atoms with Gasteiger partial charge in [-0.2, -0.15) is 0 Å². The minimum Gasteiger partial charge on any atom is -0.508 e. The number of rotatable bonds is 24. The van der Waals surface area contributed by atoms with Gasteiger partial charge in [-0.1, -0.05) is 66.5 Å². The van der Waals surface area contributed by atoms with E-state index in [1.807, 2.05) is 13.8 Å². The fourth-order valence-electron chi connectivity index (χ4n) is 7.15. The van der Waals surface area contributed by atoms with Gasteiger partial charge in [0.05, 0.1) is 19.4 Å². The molecular weight excluding hydrogens is 817 g/mol. The summed E-state index contributed by atoms with van der Waals surface area (Å²) in [7, 11) is 3.05. The van der Waals surface area contributed by atoms with Gasteiger partial charge < -0.3 is 56.9 Å². The molecule has 1 aromatic heterocycles. The summed E-state index contributed by atoms with van der Waals surface area (Å²) in [6.45, 7) is 10.4. The van der Waals surface area contributed by atoms with Gasteiger partial charge in [-0.3, -0.25) is 33.6 Å². The van der Waals surface area contributed by atoms with Crippen LogP contribution in [0.1, 0.15) is 78.5 Å². The number of benzene rings is 1. The number of nitrogens with zero attached hydrogens (tertiary/aromatic N) is 3. The molecule has 20 heteroatoms. The van der Waals surface area contributed by atoms with Crippen molar-refractivity contribution in [2.75, 3.05) is 33.7 Å². The summed E-state index contributed by atoms with van der Waals surface area (Å²) in [5, 5.41) is 36.0. The second-order valence-corrected chi connectivity index (χ2v) is 16.6. The normalized spacial score (nSPS) is 17.0. The predicted molar refractivity (Wildman–Crippen MR) is 231 cm³/mol. The molecule has 20 nitrogen and oxygen atoms in total. The molecule has 1 aliphatic heterocycles. The first-order chi connectivity index (χ1) is 29.8. The number of aromatic hydroxyl groups is 1. The second-order valence-electron chi connectivity index (χ2n) is 16.6. The van der Waals surface area contributed by atoms with Gasteiger partial charge in [-0.25, -0.2) is 9.78 Å². The third-order valence-corrected chi connectivity index (χ3v) is 11.4. The largest absolute Gasteiger partial charge is 0.508 e. The van der Waals surface area contributed by atoms with E-state index >= 15 is 0 Å². The zero-order chi connectivity index (χ0) is 47.0. The van der Waals surface area contributed by atoms with Crippen LogP contribution in [0.5, 0.6) is 5.75 Å². The molecule has 3 rings (SSSR count). The van der Waals surface area contributed by atoms with E-state index in [0.717, 1.165) is 0 Å². The van der Waals surface area contributed by atoms with E-state index in [0.29, 0.717) is 30.5 Å². The van der Waals surface area contributed by atoms with Crippen molar-refractivity contribution in [3.05, 3.63) is 48.0 Å². The maximum Gasteiger partial charge on any atom is 0.326 e. The highest BCUT2D eigenvalue weighted by Crippen LogP contribution is 2.21. The lowest BCUT2D eigenvalue weighted by atomic mass is 9.96. The summed E-state index contributed by atoms with van der Waals surface area (Å²) >= 11 is 0. The first kappa shape index (κ1) is 51.3. The zero-order valence-electron chi connectivity index (χ0n) is 37.5. The van der Waals surface area contributed by atoms with Gasteiger partial charge in [0.25, 0.3) is 0 Å². The summed E-state index contributed by atoms with van der Waals surface area (Å²) < 4.78 is 0. The van der Waals surface area contributed by atoms with Crippen LogP contribution in [0.2, 0.25) is 0 Å². The zero-order valence-corrected chi connectivity index (χ0v) is 37.5. The molecule has 1 aromatic carbocycles. The molecule has 0 saturated carbocycles. The number of hydrogen-bond acceptors (Lipinski definition) is 11. The molecule has 1 saturated heterocycles. The molecule has 1 aliphatic rings. The Morgan fingerprint density at radius 1 is 0.825 bits per heavy atom. The highest BCUT2D eigenvalue weighted by Gasteiger charge is 2.41. The number of aliphatic carboxylic acids is 1. The summed E-state index contributed by atoms with van der Waals surface area (Å²) in [5.74, 6) is -6.81. The van der Waals surface area contributed by atoms with Crippen molar-refractivity contribution >= 4 is 47.3 Å². The number of carbonyl (C=O) groups excluding carboxylic acids is 7. The number of hydrogen-bond donors (Lipinski definition) is 9. The average Bonchev–Trinajstić information content (AvgIpc) is 3.96. The molecule has 0 spiro atoms. The number of aromatic amines is 1. The van der Waals surface area contributed by atoms with Crippen LogP contribution in [0, 0.1) is 17.8 Å². The summed E-state index contributed by atoms with van der Waals surface area (Å²) in [6.07, 6.45) is 4.42. The Balaban J connectivity index is 1.90. The minimum atomic E-state index is -1.30. The number of phenolic OH excluding ortho intramolecular Hbond substituents is 1. The van der Waals surface area contributed by atoms with E-state index in [2.05, 4.69) is 41.9 Å². The molecule has 348 valence electrons. The Hall–Kier alpha value is -6.05. The van der Waals surface area contributed by atoms with Crippen LogP contribution in [0.3, 0.4) is 0 Å². The van der Waals surface area contributed by atoms with Gasteiger partial charge in [0.15, 0.2) is 0 Å². The van der Waals surface area contributed by atoms with Crippen LogP contribution in [0.15, 0.2) is 36.8 Å². The van der Waals surface area contributed by atoms with Crippen molar-refractivity contribution in [1.82, 2.24) is 51.7 Å². The van der Waals surface area contributed by atoms with Crippen LogP contribution < -0.4 is 31.9 Å². The van der Waals surface area contributed by atoms with Crippen LogP contribution in [0.4, 0.5) is 0 Å². The lowest BCUT2D eigenvalue weighted by Crippen LogP contribution is -2.61. The molecule has 0 unspecified atom stereocenters. The lowest BCUT2D eigenvalue weighted by Gasteiger charge is -2.32. The molecule has 63 heavy (non-hydrogen) atoms. The van der Waals surface area contributed by atoms with Crippen LogP contribution in [-0.2, 0) is 51.2 Å². The number of aromatic nitrogens is 2. The van der Waals surface area contributed by atoms with E-state index in [1.165, 1.54) is 41.5 Å². The third-order valence-electron chi connectivity index (χ3n) is 11.4. The SMILES string of the molecule is CC[C@H](C)[C@H](NC(=O)[C@@H]1CCCN1C(=O)[C@H](Cc1cnc[nH]1)NC(=O)[C@@H](NC(=O)[C@H](Cc1ccc(O)cc1)NC(=O)[C@@H](NC(=O)CN(C)C(=O)CNC)C(C)C)[C@@H](C)CC)C(=O)O. The number of phenols is 1. The summed E-state index contributed by atoms with van der Waals surface area (Å²) in [4.78, 5) is 117. The molecule has 0 radical (unpaired) electrons.